The minimum atomic E-state index is -0.594. The summed E-state index contributed by atoms with van der Waals surface area (Å²) in [5.74, 6) is -1.37. The summed E-state index contributed by atoms with van der Waals surface area (Å²) < 4.78 is 12.9. The molecule has 1 aliphatic heterocycles. The predicted octanol–water partition coefficient (Wildman–Crippen LogP) is 3.28. The first kappa shape index (κ1) is 22.1. The summed E-state index contributed by atoms with van der Waals surface area (Å²) in [4.78, 5) is 38.9. The molecular weight excluding hydrogens is 432 g/mol. The Morgan fingerprint density at radius 3 is 2.27 bits per heavy atom. The molecule has 3 rings (SSSR count). The first-order valence-corrected chi connectivity index (χ1v) is 10.2. The fourth-order valence-corrected chi connectivity index (χ4v) is 3.83. The molecular formula is C21H20Cl2FN3O3. The van der Waals surface area contributed by atoms with Crippen molar-refractivity contribution in [2.45, 2.75) is 18.9 Å². The third-order valence-corrected chi connectivity index (χ3v) is 5.18. The average Bonchev–Trinajstić information content (AvgIpc) is 3.20. The van der Waals surface area contributed by atoms with E-state index in [0.717, 1.165) is 0 Å². The van der Waals surface area contributed by atoms with Crippen LogP contribution < -0.4 is 10.6 Å². The molecule has 1 saturated heterocycles. The van der Waals surface area contributed by atoms with Gasteiger partial charge >= 0.3 is 0 Å². The second kappa shape index (κ2) is 9.91. The third-order valence-electron chi connectivity index (χ3n) is 4.74. The molecule has 2 aromatic rings. The van der Waals surface area contributed by atoms with Crippen molar-refractivity contribution in [2.24, 2.45) is 0 Å². The van der Waals surface area contributed by atoms with Crippen LogP contribution in [0.4, 0.5) is 4.39 Å². The first-order chi connectivity index (χ1) is 14.3. The number of hydrogen-bond donors (Lipinski definition) is 2. The average molecular weight is 452 g/mol. The molecule has 0 bridgehead atoms. The normalized spacial score (nSPS) is 15.7. The number of hydrogen-bond acceptors (Lipinski definition) is 3. The summed E-state index contributed by atoms with van der Waals surface area (Å²) in [5.41, 5.74) is 0.661. The summed E-state index contributed by atoms with van der Waals surface area (Å²) in [6, 6.07) is 9.16. The zero-order valence-electron chi connectivity index (χ0n) is 16.0. The Labute approximate surface area is 183 Å². The molecule has 0 spiro atoms. The monoisotopic (exact) mass is 451 g/mol. The van der Waals surface area contributed by atoms with E-state index in [1.807, 2.05) is 0 Å². The summed E-state index contributed by atoms with van der Waals surface area (Å²) in [6.45, 7) is 0.863. The van der Waals surface area contributed by atoms with Crippen LogP contribution >= 0.6 is 23.2 Å². The molecule has 2 N–H and O–H groups in total. The second-order valence-corrected chi connectivity index (χ2v) is 7.74. The lowest BCUT2D eigenvalue weighted by Crippen LogP contribution is -2.47. The maximum Gasteiger partial charge on any atom is 0.254 e. The number of nitrogens with one attached hydrogen (secondary N) is 2. The van der Waals surface area contributed by atoms with Gasteiger partial charge in [0.15, 0.2) is 0 Å². The number of rotatable bonds is 6. The van der Waals surface area contributed by atoms with E-state index in [9.17, 15) is 18.8 Å². The van der Waals surface area contributed by atoms with Crippen molar-refractivity contribution in [3.8, 4) is 0 Å². The van der Waals surface area contributed by atoms with Crippen LogP contribution in [-0.2, 0) is 4.79 Å². The number of carbonyl (C=O) groups is 3. The molecule has 0 saturated carbocycles. The summed E-state index contributed by atoms with van der Waals surface area (Å²) in [6.07, 6.45) is 1.26. The molecule has 0 radical (unpaired) electrons. The Balaban J connectivity index is 1.51. The lowest BCUT2D eigenvalue weighted by Gasteiger charge is -2.24. The highest BCUT2D eigenvalue weighted by molar-refractivity contribution is 6.35. The molecule has 2 aromatic carbocycles. The van der Waals surface area contributed by atoms with Crippen LogP contribution in [0.1, 0.15) is 33.6 Å². The van der Waals surface area contributed by atoms with Crippen molar-refractivity contribution >= 4 is 40.9 Å². The number of benzene rings is 2. The van der Waals surface area contributed by atoms with Gasteiger partial charge in [-0.2, -0.15) is 0 Å². The molecule has 1 heterocycles. The highest BCUT2D eigenvalue weighted by atomic mass is 35.5. The Kier molecular flexibility index (Phi) is 7.29. The summed E-state index contributed by atoms with van der Waals surface area (Å²) >= 11 is 11.9. The largest absolute Gasteiger partial charge is 0.353 e. The van der Waals surface area contributed by atoms with E-state index in [-0.39, 0.29) is 30.8 Å². The van der Waals surface area contributed by atoms with Crippen LogP contribution in [-0.4, -0.2) is 48.3 Å². The van der Waals surface area contributed by atoms with E-state index in [4.69, 9.17) is 23.2 Å². The van der Waals surface area contributed by atoms with Crippen LogP contribution in [0.5, 0.6) is 0 Å². The minimum absolute atomic E-state index is 0.201. The molecule has 0 unspecified atom stereocenters. The molecule has 6 nitrogen and oxygen atoms in total. The lowest BCUT2D eigenvalue weighted by molar-refractivity contribution is -0.124. The first-order valence-electron chi connectivity index (χ1n) is 9.43. The van der Waals surface area contributed by atoms with Crippen molar-refractivity contribution in [1.82, 2.24) is 15.5 Å². The van der Waals surface area contributed by atoms with E-state index < -0.39 is 11.9 Å². The smallest absolute Gasteiger partial charge is 0.254 e. The predicted molar refractivity (Wildman–Crippen MR) is 112 cm³/mol. The minimum Gasteiger partial charge on any atom is -0.353 e. The van der Waals surface area contributed by atoms with E-state index in [1.54, 1.807) is 0 Å². The van der Waals surface area contributed by atoms with E-state index in [1.165, 1.54) is 47.4 Å². The van der Waals surface area contributed by atoms with Crippen LogP contribution in [0.25, 0.3) is 0 Å². The van der Waals surface area contributed by atoms with Gasteiger partial charge in [0.25, 0.3) is 11.8 Å². The van der Waals surface area contributed by atoms with Gasteiger partial charge in [0, 0.05) is 40.8 Å². The number of halogens is 3. The van der Waals surface area contributed by atoms with E-state index in [2.05, 4.69) is 10.6 Å². The van der Waals surface area contributed by atoms with Gasteiger partial charge in [-0.1, -0.05) is 23.2 Å². The van der Waals surface area contributed by atoms with E-state index in [0.29, 0.717) is 40.6 Å². The molecule has 9 heteroatoms. The van der Waals surface area contributed by atoms with Gasteiger partial charge in [-0.25, -0.2) is 4.39 Å². The molecule has 158 valence electrons. The quantitative estimate of drug-likeness (QED) is 0.661. The SMILES string of the molecule is O=C(NCCNC(=O)[C@@H]1CCCN1C(=O)c1cc(Cl)cc(Cl)c1)c1ccc(F)cc1. The van der Waals surface area contributed by atoms with Gasteiger partial charge in [-0.3, -0.25) is 14.4 Å². The van der Waals surface area contributed by atoms with Gasteiger partial charge in [0.05, 0.1) is 0 Å². The summed E-state index contributed by atoms with van der Waals surface area (Å²) in [7, 11) is 0. The molecule has 1 atom stereocenters. The zero-order valence-corrected chi connectivity index (χ0v) is 17.5. The summed E-state index contributed by atoms with van der Waals surface area (Å²) in [5, 5.41) is 6.09. The Morgan fingerprint density at radius 1 is 0.967 bits per heavy atom. The lowest BCUT2D eigenvalue weighted by atomic mass is 10.1. The maximum absolute atomic E-state index is 12.9. The standard InChI is InChI=1S/C21H20Cl2FN3O3/c22-15-10-14(11-16(23)12-15)21(30)27-9-1-2-18(27)20(29)26-8-7-25-19(28)13-3-5-17(24)6-4-13/h3-6,10-12,18H,1-2,7-9H2,(H,25,28)(H,26,29)/t18-/m0/s1. The highest BCUT2D eigenvalue weighted by Gasteiger charge is 2.34. The fourth-order valence-electron chi connectivity index (χ4n) is 3.31. The molecule has 30 heavy (non-hydrogen) atoms. The Bertz CT molecular complexity index is 933. The number of carbonyl (C=O) groups excluding carboxylic acids is 3. The zero-order chi connectivity index (χ0) is 21.7. The van der Waals surface area contributed by atoms with Crippen LogP contribution in [0, 0.1) is 5.82 Å². The van der Waals surface area contributed by atoms with Crippen molar-refractivity contribution in [3.05, 3.63) is 69.5 Å². The maximum atomic E-state index is 12.9. The van der Waals surface area contributed by atoms with Gasteiger partial charge < -0.3 is 15.5 Å². The molecule has 0 aliphatic carbocycles. The third kappa shape index (κ3) is 5.49. The van der Waals surface area contributed by atoms with Crippen LogP contribution in [0.15, 0.2) is 42.5 Å². The molecule has 1 aliphatic rings. The van der Waals surface area contributed by atoms with Gasteiger partial charge in [0.1, 0.15) is 11.9 Å². The highest BCUT2D eigenvalue weighted by Crippen LogP contribution is 2.24. The van der Waals surface area contributed by atoms with Gasteiger partial charge in [-0.05, 0) is 55.3 Å². The van der Waals surface area contributed by atoms with E-state index >= 15 is 0 Å². The molecule has 1 fully saturated rings. The van der Waals surface area contributed by atoms with Gasteiger partial charge in [-0.15, -0.1) is 0 Å². The number of nitrogens with zero attached hydrogens (tertiary/aromatic N) is 1. The van der Waals surface area contributed by atoms with Crippen LogP contribution in [0.3, 0.4) is 0 Å². The van der Waals surface area contributed by atoms with Crippen molar-refractivity contribution in [1.29, 1.82) is 0 Å². The van der Waals surface area contributed by atoms with Crippen molar-refractivity contribution < 1.29 is 18.8 Å². The second-order valence-electron chi connectivity index (χ2n) is 6.87. The van der Waals surface area contributed by atoms with Crippen molar-refractivity contribution in [3.63, 3.8) is 0 Å². The fraction of sp³-hybridized carbons (Fsp3) is 0.286. The van der Waals surface area contributed by atoms with Crippen molar-refractivity contribution in [2.75, 3.05) is 19.6 Å². The van der Waals surface area contributed by atoms with Crippen LogP contribution in [0.2, 0.25) is 10.0 Å². The number of amides is 3. The molecule has 0 aromatic heterocycles. The number of likely N-dealkylation sites (tertiary alicyclic amines) is 1. The molecule has 3 amide bonds. The topological polar surface area (TPSA) is 78.5 Å². The van der Waals surface area contributed by atoms with Gasteiger partial charge in [0.2, 0.25) is 5.91 Å². The Hall–Kier alpha value is -2.64. The Morgan fingerprint density at radius 2 is 1.60 bits per heavy atom.